The largest absolute Gasteiger partial charge is 0.494 e. The monoisotopic (exact) mass is 354 g/mol. The summed E-state index contributed by atoms with van der Waals surface area (Å²) in [6.07, 6.45) is 3.42. The van der Waals surface area contributed by atoms with Gasteiger partial charge in [-0.25, -0.2) is 5.43 Å². The van der Waals surface area contributed by atoms with Gasteiger partial charge < -0.3 is 26.1 Å². The summed E-state index contributed by atoms with van der Waals surface area (Å²) in [5.41, 5.74) is 16.6. The summed E-state index contributed by atoms with van der Waals surface area (Å²) in [6.45, 7) is 12.6. The van der Waals surface area contributed by atoms with Crippen molar-refractivity contribution in [2.24, 2.45) is 10.7 Å². The number of ether oxygens (including phenoxy) is 1. The van der Waals surface area contributed by atoms with Crippen LogP contribution in [0, 0.1) is 0 Å². The van der Waals surface area contributed by atoms with Crippen LogP contribution in [0.2, 0.25) is 0 Å². The molecule has 0 aromatic heterocycles. The van der Waals surface area contributed by atoms with E-state index >= 15 is 0 Å². The Hall–Kier alpha value is -2.93. The molecule has 0 aliphatic carbocycles. The fraction of sp³-hybridized carbons (Fsp3) is 0.316. The lowest BCUT2D eigenvalue weighted by molar-refractivity contribution is 0.329. The van der Waals surface area contributed by atoms with Gasteiger partial charge in [0.2, 0.25) is 0 Å². The van der Waals surface area contributed by atoms with Crippen molar-refractivity contribution in [3.8, 4) is 5.75 Å². The van der Waals surface area contributed by atoms with Crippen molar-refractivity contribution in [3.63, 3.8) is 0 Å². The van der Waals surface area contributed by atoms with Crippen LogP contribution in [-0.2, 0) is 0 Å². The molecule has 0 radical (unpaired) electrons. The molecule has 3 rings (SSSR count). The molecule has 2 heterocycles. The van der Waals surface area contributed by atoms with Gasteiger partial charge in [0.15, 0.2) is 0 Å². The standard InChI is InChI=1S/C19H26N6O/c1-4-21-17(11-18(20)25-9-8-22-13(3)12-25)19-15-10-14(26-5-2)6-7-16(15)23-24-19/h4,6-7,10-11,19,22-24H,1,3,5,8-9,12,20H2,2H3/b18-11+,21-17+/t19-/m1/s1. The molecular formula is C19H26N6O. The minimum Gasteiger partial charge on any atom is -0.494 e. The molecule has 1 fully saturated rings. The minimum atomic E-state index is -0.145. The van der Waals surface area contributed by atoms with Crippen molar-refractivity contribution in [1.82, 2.24) is 15.6 Å². The van der Waals surface area contributed by atoms with E-state index in [0.29, 0.717) is 19.0 Å². The van der Waals surface area contributed by atoms with Crippen LogP contribution >= 0.6 is 0 Å². The van der Waals surface area contributed by atoms with Crippen LogP contribution in [0.3, 0.4) is 0 Å². The first-order valence-electron chi connectivity index (χ1n) is 8.73. The molecular weight excluding hydrogens is 328 g/mol. The highest BCUT2D eigenvalue weighted by atomic mass is 16.5. The average Bonchev–Trinajstić information content (AvgIpc) is 3.05. The number of rotatable bonds is 6. The zero-order valence-electron chi connectivity index (χ0n) is 15.1. The molecule has 1 atom stereocenters. The highest BCUT2D eigenvalue weighted by Crippen LogP contribution is 2.33. The number of hydrazine groups is 1. The van der Waals surface area contributed by atoms with E-state index in [1.807, 2.05) is 31.2 Å². The van der Waals surface area contributed by atoms with Gasteiger partial charge in [0.05, 0.1) is 30.6 Å². The maximum Gasteiger partial charge on any atom is 0.119 e. The Morgan fingerprint density at radius 1 is 1.50 bits per heavy atom. The minimum absolute atomic E-state index is 0.145. The average molecular weight is 354 g/mol. The van der Waals surface area contributed by atoms with E-state index in [2.05, 4.69) is 39.2 Å². The molecule has 0 spiro atoms. The molecule has 7 nitrogen and oxygen atoms in total. The Morgan fingerprint density at radius 2 is 2.35 bits per heavy atom. The summed E-state index contributed by atoms with van der Waals surface area (Å²) in [4.78, 5) is 6.53. The second-order valence-electron chi connectivity index (χ2n) is 6.14. The van der Waals surface area contributed by atoms with Gasteiger partial charge in [-0.1, -0.05) is 13.2 Å². The number of aliphatic imine (C=N–C) groups is 1. The van der Waals surface area contributed by atoms with E-state index in [1.54, 1.807) is 0 Å². The molecule has 0 bridgehead atoms. The number of piperazine rings is 1. The zero-order valence-corrected chi connectivity index (χ0v) is 15.1. The Kier molecular flexibility index (Phi) is 5.48. The number of fused-ring (bicyclic) bond motifs is 1. The summed E-state index contributed by atoms with van der Waals surface area (Å²) in [6, 6.07) is 5.81. The summed E-state index contributed by atoms with van der Waals surface area (Å²) < 4.78 is 5.63. The highest BCUT2D eigenvalue weighted by Gasteiger charge is 2.27. The smallest absolute Gasteiger partial charge is 0.119 e. The van der Waals surface area contributed by atoms with Crippen LogP contribution in [0.5, 0.6) is 5.75 Å². The number of nitrogens with two attached hydrogens (primary N) is 1. The quantitative estimate of drug-likeness (QED) is 0.584. The van der Waals surface area contributed by atoms with E-state index in [9.17, 15) is 0 Å². The molecule has 26 heavy (non-hydrogen) atoms. The fourth-order valence-electron chi connectivity index (χ4n) is 3.11. The van der Waals surface area contributed by atoms with Crippen LogP contribution in [0.25, 0.3) is 0 Å². The van der Waals surface area contributed by atoms with E-state index < -0.39 is 0 Å². The van der Waals surface area contributed by atoms with E-state index in [1.165, 1.54) is 6.20 Å². The molecule has 2 aliphatic heterocycles. The van der Waals surface area contributed by atoms with Gasteiger partial charge >= 0.3 is 0 Å². The molecule has 7 heteroatoms. The number of hydrogen-bond acceptors (Lipinski definition) is 7. The molecule has 0 amide bonds. The third kappa shape index (κ3) is 3.83. The first-order valence-corrected chi connectivity index (χ1v) is 8.73. The third-order valence-electron chi connectivity index (χ3n) is 4.33. The Labute approximate surface area is 154 Å². The topological polar surface area (TPSA) is 86.9 Å². The Morgan fingerprint density at radius 3 is 3.08 bits per heavy atom. The predicted molar refractivity (Wildman–Crippen MR) is 106 cm³/mol. The van der Waals surface area contributed by atoms with Crippen LogP contribution in [0.4, 0.5) is 5.69 Å². The van der Waals surface area contributed by atoms with Crippen molar-refractivity contribution < 1.29 is 4.74 Å². The van der Waals surface area contributed by atoms with Gasteiger partial charge in [-0.15, -0.1) is 0 Å². The van der Waals surface area contributed by atoms with E-state index in [0.717, 1.165) is 41.5 Å². The lowest BCUT2D eigenvalue weighted by atomic mass is 10.0. The van der Waals surface area contributed by atoms with Crippen molar-refractivity contribution in [3.05, 3.63) is 60.7 Å². The lowest BCUT2D eigenvalue weighted by Crippen LogP contribution is -2.43. The van der Waals surface area contributed by atoms with Gasteiger partial charge in [-0.05, 0) is 25.1 Å². The molecule has 5 N–H and O–H groups in total. The molecule has 1 aromatic rings. The van der Waals surface area contributed by atoms with Gasteiger partial charge in [0.25, 0.3) is 0 Å². The molecule has 2 aliphatic rings. The number of anilines is 1. The molecule has 1 aromatic carbocycles. The maximum absolute atomic E-state index is 6.34. The normalized spacial score (nSPS) is 20.3. The van der Waals surface area contributed by atoms with Crippen molar-refractivity contribution in [2.75, 3.05) is 31.7 Å². The summed E-state index contributed by atoms with van der Waals surface area (Å²) >= 11 is 0. The van der Waals surface area contributed by atoms with E-state index in [-0.39, 0.29) is 6.04 Å². The zero-order chi connectivity index (χ0) is 18.5. The number of benzene rings is 1. The van der Waals surface area contributed by atoms with E-state index in [4.69, 9.17) is 10.5 Å². The maximum atomic E-state index is 6.34. The molecule has 138 valence electrons. The number of nitrogens with zero attached hydrogens (tertiary/aromatic N) is 2. The van der Waals surface area contributed by atoms with Crippen LogP contribution < -0.4 is 26.6 Å². The van der Waals surface area contributed by atoms with Crippen LogP contribution in [0.15, 0.2) is 60.1 Å². The third-order valence-corrected chi connectivity index (χ3v) is 4.33. The fourth-order valence-corrected chi connectivity index (χ4v) is 3.11. The number of hydrogen-bond donors (Lipinski definition) is 4. The van der Waals surface area contributed by atoms with Crippen LogP contribution in [-0.4, -0.2) is 36.9 Å². The number of nitrogens with one attached hydrogen (secondary N) is 3. The van der Waals surface area contributed by atoms with Gasteiger partial charge in [-0.2, -0.15) is 0 Å². The summed E-state index contributed by atoms with van der Waals surface area (Å²) in [5, 5.41) is 3.23. The van der Waals surface area contributed by atoms with Crippen LogP contribution in [0.1, 0.15) is 18.5 Å². The first kappa shape index (κ1) is 17.9. The second kappa shape index (κ2) is 7.97. The Balaban J connectivity index is 1.87. The van der Waals surface area contributed by atoms with Crippen molar-refractivity contribution in [2.45, 2.75) is 13.0 Å². The Bertz CT molecular complexity index is 754. The SMILES string of the molecule is C=C/N=C(\C=C(/N)N1CCNC(=C)C1)[C@@H]1NNc2ccc(OCC)cc21. The molecule has 0 unspecified atom stereocenters. The van der Waals surface area contributed by atoms with Gasteiger partial charge in [0.1, 0.15) is 11.6 Å². The predicted octanol–water partition coefficient (Wildman–Crippen LogP) is 1.86. The molecule has 0 saturated carbocycles. The van der Waals surface area contributed by atoms with Crippen molar-refractivity contribution in [1.29, 1.82) is 0 Å². The highest BCUT2D eigenvalue weighted by molar-refractivity contribution is 6.02. The van der Waals surface area contributed by atoms with Crippen molar-refractivity contribution >= 4 is 11.4 Å². The second-order valence-corrected chi connectivity index (χ2v) is 6.14. The summed E-state index contributed by atoms with van der Waals surface area (Å²) in [7, 11) is 0. The molecule has 1 saturated heterocycles. The summed E-state index contributed by atoms with van der Waals surface area (Å²) in [5.74, 6) is 1.49. The van der Waals surface area contributed by atoms with Gasteiger partial charge in [0, 0.05) is 36.6 Å². The first-order chi connectivity index (χ1) is 12.6. The van der Waals surface area contributed by atoms with Gasteiger partial charge in [-0.3, -0.25) is 4.99 Å². The lowest BCUT2D eigenvalue weighted by Gasteiger charge is -2.31.